The highest BCUT2D eigenvalue weighted by Crippen LogP contribution is 2.08. The van der Waals surface area contributed by atoms with E-state index >= 15 is 0 Å². The number of nitrogens with zero attached hydrogens (tertiary/aromatic N) is 1. The maximum atomic E-state index is 11.0. The summed E-state index contributed by atoms with van der Waals surface area (Å²) < 4.78 is 0. The number of rotatable bonds is 3. The monoisotopic (exact) mass is 272 g/mol. The van der Waals surface area contributed by atoms with E-state index in [1.807, 2.05) is 0 Å². The van der Waals surface area contributed by atoms with Crippen LogP contribution in [0.3, 0.4) is 0 Å². The summed E-state index contributed by atoms with van der Waals surface area (Å²) in [4.78, 5) is 15.8. The van der Waals surface area contributed by atoms with Crippen LogP contribution in [0.4, 0.5) is 0 Å². The summed E-state index contributed by atoms with van der Waals surface area (Å²) in [5.41, 5.74) is 0. The van der Waals surface area contributed by atoms with Gasteiger partial charge < -0.3 is 10.2 Å². The van der Waals surface area contributed by atoms with Gasteiger partial charge in [-0.1, -0.05) is 12.8 Å². The Balaban J connectivity index is 2.12. The van der Waals surface area contributed by atoms with Crippen LogP contribution in [-0.4, -0.2) is 37.0 Å². The lowest BCUT2D eigenvalue weighted by molar-refractivity contribution is -0.115. The highest BCUT2D eigenvalue weighted by molar-refractivity contribution is 9.12. The minimum absolute atomic E-state index is 0.207. The number of halogens is 1. The van der Waals surface area contributed by atoms with Gasteiger partial charge in [0, 0.05) is 34.9 Å². The topological polar surface area (TPSA) is 32.3 Å². The SMILES string of the molecule is O=C(C#CBr)NCCN1CCCCCC1. The van der Waals surface area contributed by atoms with Gasteiger partial charge >= 0.3 is 0 Å². The quantitative estimate of drug-likeness (QED) is 0.787. The second-order valence-corrected chi connectivity index (χ2v) is 4.13. The highest BCUT2D eigenvalue weighted by atomic mass is 79.9. The molecule has 0 unspecified atom stereocenters. The van der Waals surface area contributed by atoms with Gasteiger partial charge in [-0.2, -0.15) is 0 Å². The molecule has 84 valence electrons. The first kappa shape index (κ1) is 12.5. The lowest BCUT2D eigenvalue weighted by Gasteiger charge is -2.19. The molecule has 0 bridgehead atoms. The summed E-state index contributed by atoms with van der Waals surface area (Å²) in [7, 11) is 0. The Kier molecular flexibility index (Phi) is 6.45. The van der Waals surface area contributed by atoms with Crippen LogP contribution < -0.4 is 5.32 Å². The Morgan fingerprint density at radius 3 is 2.53 bits per heavy atom. The molecule has 15 heavy (non-hydrogen) atoms. The van der Waals surface area contributed by atoms with Crippen molar-refractivity contribution in [1.29, 1.82) is 0 Å². The minimum atomic E-state index is -0.207. The zero-order valence-electron chi connectivity index (χ0n) is 8.89. The molecule has 1 rings (SSSR count). The molecular formula is C11H17BrN2O. The first-order valence-corrected chi connectivity index (χ1v) is 6.24. The third-order valence-electron chi connectivity index (χ3n) is 2.57. The standard InChI is InChI=1S/C11H17BrN2O/c12-6-5-11(15)13-7-10-14-8-3-1-2-4-9-14/h1-4,7-10H2,(H,13,15). The molecule has 0 saturated carbocycles. The Hall–Kier alpha value is -0.530. The fourth-order valence-electron chi connectivity index (χ4n) is 1.77. The van der Waals surface area contributed by atoms with Gasteiger partial charge in [-0.15, -0.1) is 0 Å². The maximum absolute atomic E-state index is 11.0. The third-order valence-corrected chi connectivity index (χ3v) is 2.77. The largest absolute Gasteiger partial charge is 0.344 e. The van der Waals surface area contributed by atoms with E-state index < -0.39 is 0 Å². The van der Waals surface area contributed by atoms with E-state index in [1.165, 1.54) is 38.8 Å². The van der Waals surface area contributed by atoms with Crippen molar-refractivity contribution in [1.82, 2.24) is 10.2 Å². The van der Waals surface area contributed by atoms with Crippen molar-refractivity contribution in [2.75, 3.05) is 26.2 Å². The number of carbonyl (C=O) groups is 1. The Bertz CT molecular complexity index is 249. The second-order valence-electron chi connectivity index (χ2n) is 3.73. The predicted molar refractivity (Wildman–Crippen MR) is 64.6 cm³/mol. The van der Waals surface area contributed by atoms with Gasteiger partial charge in [-0.25, -0.2) is 0 Å². The van der Waals surface area contributed by atoms with Gasteiger partial charge in [0.1, 0.15) is 0 Å². The molecule has 0 aromatic heterocycles. The first-order chi connectivity index (χ1) is 7.33. The van der Waals surface area contributed by atoms with Crippen molar-refractivity contribution in [3.63, 3.8) is 0 Å². The average Bonchev–Trinajstić information content (AvgIpc) is 2.47. The van der Waals surface area contributed by atoms with Crippen LogP contribution in [-0.2, 0) is 4.79 Å². The van der Waals surface area contributed by atoms with Gasteiger partial charge in [0.25, 0.3) is 5.91 Å². The van der Waals surface area contributed by atoms with Crippen molar-refractivity contribution >= 4 is 21.8 Å². The van der Waals surface area contributed by atoms with Gasteiger partial charge in [0.2, 0.25) is 0 Å². The van der Waals surface area contributed by atoms with E-state index in [4.69, 9.17) is 0 Å². The van der Waals surface area contributed by atoms with Crippen LogP contribution >= 0.6 is 15.9 Å². The molecule has 0 radical (unpaired) electrons. The van der Waals surface area contributed by atoms with Crippen molar-refractivity contribution in [2.45, 2.75) is 25.7 Å². The normalized spacial score (nSPS) is 17.4. The molecular weight excluding hydrogens is 256 g/mol. The number of amides is 1. The summed E-state index contributed by atoms with van der Waals surface area (Å²) in [6.07, 6.45) is 5.26. The lowest BCUT2D eigenvalue weighted by atomic mass is 10.2. The molecule has 0 aliphatic carbocycles. The van der Waals surface area contributed by atoms with E-state index in [0.29, 0.717) is 6.54 Å². The average molecular weight is 273 g/mol. The van der Waals surface area contributed by atoms with E-state index in [1.54, 1.807) is 0 Å². The van der Waals surface area contributed by atoms with Crippen LogP contribution in [0.25, 0.3) is 0 Å². The molecule has 0 aromatic carbocycles. The summed E-state index contributed by atoms with van der Waals surface area (Å²) >= 11 is 2.90. The number of hydrogen-bond donors (Lipinski definition) is 1. The molecule has 1 fully saturated rings. The zero-order valence-corrected chi connectivity index (χ0v) is 10.5. The lowest BCUT2D eigenvalue weighted by Crippen LogP contribution is -2.34. The Labute approximate surface area is 99.7 Å². The molecule has 1 aliphatic rings. The molecule has 0 atom stereocenters. The molecule has 1 amide bonds. The molecule has 1 aliphatic heterocycles. The third kappa shape index (κ3) is 5.81. The van der Waals surface area contributed by atoms with Gasteiger partial charge in [0.15, 0.2) is 0 Å². The van der Waals surface area contributed by atoms with E-state index in [2.05, 4.69) is 36.9 Å². The molecule has 1 heterocycles. The van der Waals surface area contributed by atoms with Crippen LogP contribution in [0, 0.1) is 10.8 Å². The predicted octanol–water partition coefficient (Wildman–Crippen LogP) is 1.33. The molecule has 3 nitrogen and oxygen atoms in total. The van der Waals surface area contributed by atoms with E-state index in [0.717, 1.165) is 6.54 Å². The van der Waals surface area contributed by atoms with E-state index in [9.17, 15) is 4.79 Å². The Morgan fingerprint density at radius 1 is 1.27 bits per heavy atom. The van der Waals surface area contributed by atoms with Gasteiger partial charge in [-0.05, 0) is 30.8 Å². The van der Waals surface area contributed by atoms with Crippen molar-refractivity contribution in [3.8, 4) is 10.8 Å². The number of hydrogen-bond acceptors (Lipinski definition) is 2. The van der Waals surface area contributed by atoms with Crippen LogP contribution in [0.1, 0.15) is 25.7 Å². The van der Waals surface area contributed by atoms with Crippen LogP contribution in [0.2, 0.25) is 0 Å². The summed E-state index contributed by atoms with van der Waals surface area (Å²) in [6.45, 7) is 3.97. The minimum Gasteiger partial charge on any atom is -0.344 e. The molecule has 0 aromatic rings. The summed E-state index contributed by atoms with van der Waals surface area (Å²) in [6, 6.07) is 0. The fraction of sp³-hybridized carbons (Fsp3) is 0.727. The fourth-order valence-corrected chi connectivity index (χ4v) is 1.95. The molecule has 1 N–H and O–H groups in total. The van der Waals surface area contributed by atoms with Crippen molar-refractivity contribution in [2.24, 2.45) is 0 Å². The molecule has 1 saturated heterocycles. The smallest absolute Gasteiger partial charge is 0.296 e. The number of likely N-dealkylation sites (tertiary alicyclic amines) is 1. The van der Waals surface area contributed by atoms with Gasteiger partial charge in [0.05, 0.1) is 0 Å². The van der Waals surface area contributed by atoms with Crippen molar-refractivity contribution in [3.05, 3.63) is 0 Å². The Morgan fingerprint density at radius 2 is 1.93 bits per heavy atom. The summed E-state index contributed by atoms with van der Waals surface area (Å²) in [5.74, 6) is 2.19. The van der Waals surface area contributed by atoms with Crippen molar-refractivity contribution < 1.29 is 4.79 Å². The summed E-state index contributed by atoms with van der Waals surface area (Å²) in [5, 5.41) is 2.77. The molecule has 0 spiro atoms. The highest BCUT2D eigenvalue weighted by Gasteiger charge is 2.08. The number of carbonyl (C=O) groups excluding carboxylic acids is 1. The van der Waals surface area contributed by atoms with Crippen LogP contribution in [0.15, 0.2) is 0 Å². The van der Waals surface area contributed by atoms with Crippen LogP contribution in [0.5, 0.6) is 0 Å². The van der Waals surface area contributed by atoms with E-state index in [-0.39, 0.29) is 5.91 Å². The van der Waals surface area contributed by atoms with Gasteiger partial charge in [-0.3, -0.25) is 4.79 Å². The zero-order chi connectivity index (χ0) is 10.9. The molecule has 4 heteroatoms. The number of nitrogens with one attached hydrogen (secondary N) is 1. The first-order valence-electron chi connectivity index (χ1n) is 5.45. The maximum Gasteiger partial charge on any atom is 0.296 e. The second kappa shape index (κ2) is 7.72.